The number of hydrogen-bond acceptors (Lipinski definition) is 3. The zero-order valence-corrected chi connectivity index (χ0v) is 10.4. The molecule has 0 bridgehead atoms. The van der Waals surface area contributed by atoms with E-state index in [1.54, 1.807) is 7.11 Å². The maximum Gasteiger partial charge on any atom is 0.109 e. The zero-order chi connectivity index (χ0) is 11.5. The first-order chi connectivity index (χ1) is 7.74. The van der Waals surface area contributed by atoms with Gasteiger partial charge in [0.2, 0.25) is 0 Å². The van der Waals surface area contributed by atoms with Crippen LogP contribution in [0.1, 0.15) is 45.4 Å². The Morgan fingerprint density at radius 2 is 2.06 bits per heavy atom. The van der Waals surface area contributed by atoms with Crippen molar-refractivity contribution < 1.29 is 14.6 Å². The Balaban J connectivity index is 1.77. The van der Waals surface area contributed by atoms with Gasteiger partial charge in [0.15, 0.2) is 0 Å². The largest absolute Gasteiger partial charge is 0.390 e. The van der Waals surface area contributed by atoms with E-state index < -0.39 is 0 Å². The summed E-state index contributed by atoms with van der Waals surface area (Å²) in [4.78, 5) is 0. The maximum absolute atomic E-state index is 9.50. The molecular weight excluding hydrogens is 204 g/mol. The van der Waals surface area contributed by atoms with Crippen LogP contribution in [0.5, 0.6) is 0 Å². The van der Waals surface area contributed by atoms with Crippen LogP contribution in [0.25, 0.3) is 0 Å². The third-order valence-corrected chi connectivity index (χ3v) is 4.17. The van der Waals surface area contributed by atoms with E-state index in [4.69, 9.17) is 9.47 Å². The molecule has 0 aromatic heterocycles. The standard InChI is InChI=1S/C13H24O3/c1-3-9-5-4-6-10(7-9)16-12-8-11(14)13(12)15-2/h9-14H,3-8H2,1-2H3. The Labute approximate surface area is 98.1 Å². The number of hydrogen-bond donors (Lipinski definition) is 1. The molecular formula is C13H24O3. The van der Waals surface area contributed by atoms with Crippen molar-refractivity contribution in [3.8, 4) is 0 Å². The summed E-state index contributed by atoms with van der Waals surface area (Å²) < 4.78 is 11.3. The predicted octanol–water partition coefficient (Wildman–Crippen LogP) is 2.12. The summed E-state index contributed by atoms with van der Waals surface area (Å²) in [7, 11) is 1.65. The second-order valence-corrected chi connectivity index (χ2v) is 5.24. The van der Waals surface area contributed by atoms with E-state index in [-0.39, 0.29) is 18.3 Å². The molecule has 2 aliphatic rings. The van der Waals surface area contributed by atoms with E-state index in [0.717, 1.165) is 12.3 Å². The third-order valence-electron chi connectivity index (χ3n) is 4.17. The Hall–Kier alpha value is -0.120. The van der Waals surface area contributed by atoms with Gasteiger partial charge in [-0.15, -0.1) is 0 Å². The lowest BCUT2D eigenvalue weighted by Crippen LogP contribution is -2.54. The fourth-order valence-corrected chi connectivity index (χ4v) is 2.98. The topological polar surface area (TPSA) is 38.7 Å². The molecule has 2 rings (SSSR count). The lowest BCUT2D eigenvalue weighted by molar-refractivity contribution is -0.203. The number of aliphatic hydroxyl groups excluding tert-OH is 1. The van der Waals surface area contributed by atoms with Gasteiger partial charge in [0.05, 0.1) is 18.3 Å². The zero-order valence-electron chi connectivity index (χ0n) is 10.4. The van der Waals surface area contributed by atoms with Gasteiger partial charge in [0, 0.05) is 13.5 Å². The van der Waals surface area contributed by atoms with Crippen LogP contribution in [0.15, 0.2) is 0 Å². The van der Waals surface area contributed by atoms with E-state index in [1.165, 1.54) is 32.1 Å². The van der Waals surface area contributed by atoms with E-state index in [0.29, 0.717) is 6.10 Å². The average molecular weight is 228 g/mol. The molecule has 0 amide bonds. The SMILES string of the molecule is CCC1CCCC(OC2CC(O)C2OC)C1. The lowest BCUT2D eigenvalue weighted by Gasteiger charge is -2.43. The molecule has 16 heavy (non-hydrogen) atoms. The van der Waals surface area contributed by atoms with Crippen LogP contribution in [-0.2, 0) is 9.47 Å². The molecule has 0 heterocycles. The highest BCUT2D eigenvalue weighted by Gasteiger charge is 2.42. The minimum atomic E-state index is -0.319. The van der Waals surface area contributed by atoms with Crippen LogP contribution >= 0.6 is 0 Å². The van der Waals surface area contributed by atoms with Crippen LogP contribution in [-0.4, -0.2) is 36.6 Å². The van der Waals surface area contributed by atoms with Crippen LogP contribution in [0.3, 0.4) is 0 Å². The Morgan fingerprint density at radius 1 is 1.25 bits per heavy atom. The summed E-state index contributed by atoms with van der Waals surface area (Å²) in [5.74, 6) is 0.838. The van der Waals surface area contributed by atoms with Crippen molar-refractivity contribution in [2.75, 3.05) is 7.11 Å². The van der Waals surface area contributed by atoms with Crippen LogP contribution in [0.4, 0.5) is 0 Å². The van der Waals surface area contributed by atoms with Gasteiger partial charge in [-0.05, 0) is 18.8 Å². The van der Waals surface area contributed by atoms with Crippen molar-refractivity contribution in [2.45, 2.75) is 69.9 Å². The highest BCUT2D eigenvalue weighted by Crippen LogP contribution is 2.33. The first-order valence-electron chi connectivity index (χ1n) is 6.61. The van der Waals surface area contributed by atoms with Crippen molar-refractivity contribution in [2.24, 2.45) is 5.92 Å². The van der Waals surface area contributed by atoms with Gasteiger partial charge in [0.1, 0.15) is 6.10 Å². The highest BCUT2D eigenvalue weighted by molar-refractivity contribution is 4.92. The molecule has 1 N–H and O–H groups in total. The normalized spacial score (nSPS) is 44.1. The summed E-state index contributed by atoms with van der Waals surface area (Å²) in [6.45, 7) is 2.26. The molecule has 2 fully saturated rings. The van der Waals surface area contributed by atoms with Crippen molar-refractivity contribution in [1.29, 1.82) is 0 Å². The smallest absolute Gasteiger partial charge is 0.109 e. The maximum atomic E-state index is 9.50. The average Bonchev–Trinajstić information content (AvgIpc) is 2.29. The minimum Gasteiger partial charge on any atom is -0.390 e. The van der Waals surface area contributed by atoms with E-state index in [2.05, 4.69) is 6.92 Å². The molecule has 94 valence electrons. The molecule has 0 saturated heterocycles. The fraction of sp³-hybridized carbons (Fsp3) is 1.00. The summed E-state index contributed by atoms with van der Waals surface area (Å²) >= 11 is 0. The molecule has 3 heteroatoms. The van der Waals surface area contributed by atoms with Crippen LogP contribution in [0, 0.1) is 5.92 Å². The highest BCUT2D eigenvalue weighted by atomic mass is 16.6. The molecule has 0 aromatic rings. The van der Waals surface area contributed by atoms with E-state index in [1.807, 2.05) is 0 Å². The molecule has 0 radical (unpaired) electrons. The molecule has 0 aromatic carbocycles. The molecule has 2 aliphatic carbocycles. The number of methoxy groups -OCH3 is 1. The van der Waals surface area contributed by atoms with E-state index >= 15 is 0 Å². The monoisotopic (exact) mass is 228 g/mol. The third kappa shape index (κ3) is 2.58. The number of aliphatic hydroxyl groups is 1. The molecule has 5 unspecified atom stereocenters. The van der Waals surface area contributed by atoms with Crippen LogP contribution in [0.2, 0.25) is 0 Å². The second-order valence-electron chi connectivity index (χ2n) is 5.24. The number of rotatable bonds is 4. The van der Waals surface area contributed by atoms with Gasteiger partial charge in [-0.3, -0.25) is 0 Å². The Morgan fingerprint density at radius 3 is 2.69 bits per heavy atom. The van der Waals surface area contributed by atoms with Gasteiger partial charge in [-0.2, -0.15) is 0 Å². The van der Waals surface area contributed by atoms with Gasteiger partial charge in [-0.1, -0.05) is 26.2 Å². The number of ether oxygens (including phenoxy) is 2. The summed E-state index contributed by atoms with van der Waals surface area (Å²) in [6, 6.07) is 0. The molecule has 0 spiro atoms. The fourth-order valence-electron chi connectivity index (χ4n) is 2.98. The minimum absolute atomic E-state index is 0.0954. The first-order valence-corrected chi connectivity index (χ1v) is 6.61. The summed E-state index contributed by atoms with van der Waals surface area (Å²) in [5.41, 5.74) is 0. The quantitative estimate of drug-likeness (QED) is 0.801. The lowest BCUT2D eigenvalue weighted by atomic mass is 9.84. The van der Waals surface area contributed by atoms with Gasteiger partial charge < -0.3 is 14.6 Å². The second kappa shape index (κ2) is 5.48. The van der Waals surface area contributed by atoms with Crippen molar-refractivity contribution >= 4 is 0 Å². The van der Waals surface area contributed by atoms with Gasteiger partial charge >= 0.3 is 0 Å². The van der Waals surface area contributed by atoms with Gasteiger partial charge in [0.25, 0.3) is 0 Å². The Kier molecular flexibility index (Phi) is 4.22. The van der Waals surface area contributed by atoms with Crippen molar-refractivity contribution in [1.82, 2.24) is 0 Å². The predicted molar refractivity (Wildman–Crippen MR) is 62.3 cm³/mol. The summed E-state index contributed by atoms with van der Waals surface area (Å²) in [6.07, 6.45) is 7.14. The molecule has 2 saturated carbocycles. The van der Waals surface area contributed by atoms with Crippen molar-refractivity contribution in [3.63, 3.8) is 0 Å². The first kappa shape index (κ1) is 12.3. The van der Waals surface area contributed by atoms with Gasteiger partial charge in [-0.25, -0.2) is 0 Å². The summed E-state index contributed by atoms with van der Waals surface area (Å²) in [5, 5.41) is 9.50. The van der Waals surface area contributed by atoms with Crippen LogP contribution < -0.4 is 0 Å². The molecule has 5 atom stereocenters. The molecule has 0 aliphatic heterocycles. The van der Waals surface area contributed by atoms with E-state index in [9.17, 15) is 5.11 Å². The Bertz CT molecular complexity index is 219. The molecule has 3 nitrogen and oxygen atoms in total. The van der Waals surface area contributed by atoms with Crippen molar-refractivity contribution in [3.05, 3.63) is 0 Å².